The van der Waals surface area contributed by atoms with Gasteiger partial charge in [-0.05, 0) is 41.3 Å². The Balaban J connectivity index is 1.84. The van der Waals surface area contributed by atoms with Crippen LogP contribution in [0.5, 0.6) is 0 Å². The molecule has 9 heteroatoms. The summed E-state index contributed by atoms with van der Waals surface area (Å²) in [5, 5.41) is 1.96. The van der Waals surface area contributed by atoms with Crippen molar-refractivity contribution in [2.45, 2.75) is 18.0 Å². The van der Waals surface area contributed by atoms with Crippen molar-refractivity contribution in [3.8, 4) is 0 Å². The number of benzene rings is 2. The molecule has 0 spiro atoms. The van der Waals surface area contributed by atoms with Gasteiger partial charge in [0.25, 0.3) is 0 Å². The van der Waals surface area contributed by atoms with Crippen molar-refractivity contribution in [1.82, 2.24) is 9.21 Å². The minimum atomic E-state index is -3.87. The van der Waals surface area contributed by atoms with Crippen LogP contribution in [-0.4, -0.2) is 50.3 Å². The lowest BCUT2D eigenvalue weighted by Gasteiger charge is -2.27. The van der Waals surface area contributed by atoms with E-state index in [1.165, 1.54) is 23.5 Å². The zero-order valence-electron chi connectivity index (χ0n) is 17.7. The highest BCUT2D eigenvalue weighted by Crippen LogP contribution is 2.20. The van der Waals surface area contributed by atoms with Gasteiger partial charge in [-0.1, -0.05) is 52.3 Å². The number of sulfonamides is 1. The molecule has 0 unspecified atom stereocenters. The van der Waals surface area contributed by atoms with Gasteiger partial charge in [0, 0.05) is 29.5 Å². The first kappa shape index (κ1) is 24.6. The Bertz CT molecular complexity index is 1090. The minimum absolute atomic E-state index is 0.0822. The van der Waals surface area contributed by atoms with Gasteiger partial charge in [0.15, 0.2) is 0 Å². The third kappa shape index (κ3) is 6.73. The van der Waals surface area contributed by atoms with Crippen molar-refractivity contribution in [2.24, 2.45) is 0 Å². The summed E-state index contributed by atoms with van der Waals surface area (Å²) in [7, 11) is -2.36. The van der Waals surface area contributed by atoms with Gasteiger partial charge in [0.05, 0.1) is 24.6 Å². The standard InChI is InChI=1S/C23H25BrN2O4S2/c1-30-14-13-26(32(28,29)22-11-9-20(24)10-12-22)18-23(27)25(17-21-8-5-15-31-21)16-19-6-3-2-4-7-19/h2-12,15H,13-14,16-18H2,1H3. The van der Waals surface area contributed by atoms with Crippen molar-refractivity contribution in [3.05, 3.63) is 87.0 Å². The Kier molecular flexibility index (Phi) is 9.01. The molecule has 1 amide bonds. The van der Waals surface area contributed by atoms with E-state index in [-0.39, 0.29) is 30.5 Å². The lowest BCUT2D eigenvalue weighted by Crippen LogP contribution is -2.43. The van der Waals surface area contributed by atoms with Gasteiger partial charge in [-0.25, -0.2) is 8.42 Å². The molecule has 0 aliphatic rings. The highest BCUT2D eigenvalue weighted by Gasteiger charge is 2.28. The minimum Gasteiger partial charge on any atom is -0.383 e. The molecule has 3 rings (SSSR count). The quantitative estimate of drug-likeness (QED) is 0.364. The van der Waals surface area contributed by atoms with Crippen molar-refractivity contribution in [2.75, 3.05) is 26.8 Å². The van der Waals surface area contributed by atoms with Crippen LogP contribution >= 0.6 is 27.3 Å². The SMILES string of the molecule is COCCN(CC(=O)N(Cc1ccccc1)Cc1cccs1)S(=O)(=O)c1ccc(Br)cc1. The van der Waals surface area contributed by atoms with Crippen LogP contribution in [0.15, 0.2) is 81.5 Å². The van der Waals surface area contributed by atoms with Gasteiger partial charge >= 0.3 is 0 Å². The fourth-order valence-corrected chi connectivity index (χ4v) is 5.47. The second-order valence-electron chi connectivity index (χ2n) is 7.10. The average Bonchev–Trinajstić information content (AvgIpc) is 3.30. The summed E-state index contributed by atoms with van der Waals surface area (Å²) in [5.41, 5.74) is 0.983. The average molecular weight is 538 g/mol. The summed E-state index contributed by atoms with van der Waals surface area (Å²) >= 11 is 4.89. The van der Waals surface area contributed by atoms with E-state index < -0.39 is 10.0 Å². The summed E-state index contributed by atoms with van der Waals surface area (Å²) in [6, 6.07) is 20.0. The summed E-state index contributed by atoms with van der Waals surface area (Å²) in [5.74, 6) is -0.265. The predicted octanol–water partition coefficient (Wildman–Crippen LogP) is 4.38. The molecule has 0 bridgehead atoms. The van der Waals surface area contributed by atoms with E-state index in [0.29, 0.717) is 13.1 Å². The van der Waals surface area contributed by atoms with E-state index in [2.05, 4.69) is 15.9 Å². The van der Waals surface area contributed by atoms with Crippen molar-refractivity contribution < 1.29 is 17.9 Å². The van der Waals surface area contributed by atoms with Gasteiger partial charge in [-0.3, -0.25) is 4.79 Å². The highest BCUT2D eigenvalue weighted by atomic mass is 79.9. The van der Waals surface area contributed by atoms with E-state index in [1.54, 1.807) is 28.4 Å². The fourth-order valence-electron chi connectivity index (χ4n) is 3.11. The molecule has 0 saturated carbocycles. The monoisotopic (exact) mass is 536 g/mol. The molecular weight excluding hydrogens is 512 g/mol. The highest BCUT2D eigenvalue weighted by molar-refractivity contribution is 9.10. The Labute approximate surface area is 201 Å². The summed E-state index contributed by atoms with van der Waals surface area (Å²) in [4.78, 5) is 16.2. The van der Waals surface area contributed by atoms with Gasteiger partial charge < -0.3 is 9.64 Å². The number of hydrogen-bond acceptors (Lipinski definition) is 5. The molecule has 2 aromatic carbocycles. The molecular formula is C23H25BrN2O4S2. The molecule has 1 aromatic heterocycles. The largest absolute Gasteiger partial charge is 0.383 e. The van der Waals surface area contributed by atoms with Gasteiger partial charge in [-0.15, -0.1) is 11.3 Å². The topological polar surface area (TPSA) is 66.9 Å². The molecule has 0 saturated heterocycles. The molecule has 0 aliphatic heterocycles. The lowest BCUT2D eigenvalue weighted by atomic mass is 10.2. The third-order valence-corrected chi connectivity index (χ3v) is 8.05. The second-order valence-corrected chi connectivity index (χ2v) is 11.0. The number of carbonyl (C=O) groups is 1. The predicted molar refractivity (Wildman–Crippen MR) is 130 cm³/mol. The van der Waals surface area contributed by atoms with E-state index >= 15 is 0 Å². The normalized spacial score (nSPS) is 11.6. The van der Waals surface area contributed by atoms with Crippen molar-refractivity contribution in [1.29, 1.82) is 0 Å². The second kappa shape index (κ2) is 11.7. The molecule has 0 atom stereocenters. The van der Waals surface area contributed by atoms with Crippen LogP contribution in [0.25, 0.3) is 0 Å². The van der Waals surface area contributed by atoms with Gasteiger partial charge in [0.2, 0.25) is 15.9 Å². The Morgan fingerprint density at radius 3 is 2.34 bits per heavy atom. The summed E-state index contributed by atoms with van der Waals surface area (Å²) in [6.45, 7) is 0.821. The first-order chi connectivity index (χ1) is 15.4. The first-order valence-corrected chi connectivity index (χ1v) is 13.1. The number of methoxy groups -OCH3 is 1. The van der Waals surface area contributed by atoms with Gasteiger partial charge in [-0.2, -0.15) is 4.31 Å². The smallest absolute Gasteiger partial charge is 0.243 e. The number of thiophene rings is 1. The number of carbonyl (C=O) groups excluding carboxylic acids is 1. The van der Waals surface area contributed by atoms with Crippen LogP contribution in [0.4, 0.5) is 0 Å². The molecule has 32 heavy (non-hydrogen) atoms. The maximum atomic E-state index is 13.4. The third-order valence-electron chi connectivity index (χ3n) is 4.80. The Morgan fingerprint density at radius 1 is 1.00 bits per heavy atom. The summed E-state index contributed by atoms with van der Waals surface area (Å²) in [6.07, 6.45) is 0. The van der Waals surface area contributed by atoms with Crippen LogP contribution in [0.2, 0.25) is 0 Å². The van der Waals surface area contributed by atoms with Crippen LogP contribution in [0.1, 0.15) is 10.4 Å². The van der Waals surface area contributed by atoms with Crippen LogP contribution < -0.4 is 0 Å². The molecule has 0 fully saturated rings. The zero-order valence-corrected chi connectivity index (χ0v) is 20.9. The number of hydrogen-bond donors (Lipinski definition) is 0. The number of halogens is 1. The summed E-state index contributed by atoms with van der Waals surface area (Å²) < 4.78 is 33.6. The maximum absolute atomic E-state index is 13.4. The first-order valence-electron chi connectivity index (χ1n) is 9.99. The van der Waals surface area contributed by atoms with E-state index in [1.807, 2.05) is 47.8 Å². The molecule has 0 aliphatic carbocycles. The van der Waals surface area contributed by atoms with E-state index in [4.69, 9.17) is 4.74 Å². The molecule has 0 N–H and O–H groups in total. The van der Waals surface area contributed by atoms with Gasteiger partial charge in [0.1, 0.15) is 0 Å². The zero-order chi connectivity index (χ0) is 23.0. The van der Waals surface area contributed by atoms with Crippen molar-refractivity contribution >= 4 is 43.2 Å². The Hall–Kier alpha value is -2.04. The molecule has 6 nitrogen and oxygen atoms in total. The van der Waals surface area contributed by atoms with Crippen molar-refractivity contribution in [3.63, 3.8) is 0 Å². The molecule has 0 radical (unpaired) electrons. The molecule has 3 aromatic rings. The number of amides is 1. The number of ether oxygens (including phenoxy) is 1. The number of rotatable bonds is 11. The van der Waals surface area contributed by atoms with Crippen LogP contribution in [0.3, 0.4) is 0 Å². The Morgan fingerprint density at radius 2 is 1.72 bits per heavy atom. The van der Waals surface area contributed by atoms with Crippen LogP contribution in [-0.2, 0) is 32.6 Å². The fraction of sp³-hybridized carbons (Fsp3) is 0.261. The number of nitrogens with zero attached hydrogens (tertiary/aromatic N) is 2. The van der Waals surface area contributed by atoms with Crippen LogP contribution in [0, 0.1) is 0 Å². The maximum Gasteiger partial charge on any atom is 0.243 e. The molecule has 170 valence electrons. The van der Waals surface area contributed by atoms with E-state index in [9.17, 15) is 13.2 Å². The van der Waals surface area contributed by atoms with E-state index in [0.717, 1.165) is 14.9 Å². The lowest BCUT2D eigenvalue weighted by molar-refractivity contribution is -0.132. The molecule has 1 heterocycles.